The average Bonchev–Trinajstić information content (AvgIpc) is 3.36. The SMILES string of the molecule is Cc1cccc(N=c2scc(-c3cccc([N+](=O)[O-])c3)n2Cc2ccco2)c1C. The van der Waals surface area contributed by atoms with Gasteiger partial charge in [0, 0.05) is 23.1 Å². The molecule has 0 aliphatic rings. The van der Waals surface area contributed by atoms with Crippen molar-refractivity contribution < 1.29 is 9.34 Å². The van der Waals surface area contributed by atoms with Gasteiger partial charge in [0.1, 0.15) is 5.76 Å². The first-order chi connectivity index (χ1) is 14.0. The normalized spacial score (nSPS) is 11.7. The number of aromatic nitrogens is 1. The minimum atomic E-state index is -0.381. The van der Waals surface area contributed by atoms with Crippen molar-refractivity contribution in [3.05, 3.63) is 98.0 Å². The minimum Gasteiger partial charge on any atom is -0.467 e. The van der Waals surface area contributed by atoms with Gasteiger partial charge in [-0.2, -0.15) is 0 Å². The van der Waals surface area contributed by atoms with Gasteiger partial charge >= 0.3 is 0 Å². The number of nitro benzene ring substituents is 1. The summed E-state index contributed by atoms with van der Waals surface area (Å²) in [5.74, 6) is 0.789. The molecule has 0 radical (unpaired) electrons. The van der Waals surface area contributed by atoms with E-state index in [-0.39, 0.29) is 10.6 Å². The third kappa shape index (κ3) is 3.90. The number of thiazole rings is 1. The van der Waals surface area contributed by atoms with Crippen molar-refractivity contribution in [3.63, 3.8) is 0 Å². The summed E-state index contributed by atoms with van der Waals surface area (Å²) in [5, 5.41) is 13.2. The minimum absolute atomic E-state index is 0.0614. The Bertz CT molecular complexity index is 1240. The number of nitrogens with zero attached hydrogens (tertiary/aromatic N) is 3. The predicted molar refractivity (Wildman–Crippen MR) is 113 cm³/mol. The fraction of sp³-hybridized carbons (Fsp3) is 0.136. The molecule has 2 aromatic heterocycles. The Labute approximate surface area is 171 Å². The maximum atomic E-state index is 11.2. The van der Waals surface area contributed by atoms with Crippen molar-refractivity contribution in [1.82, 2.24) is 4.57 Å². The molecule has 0 bridgehead atoms. The molecule has 4 rings (SSSR count). The van der Waals surface area contributed by atoms with Crippen molar-refractivity contribution in [2.75, 3.05) is 0 Å². The molecule has 0 amide bonds. The van der Waals surface area contributed by atoms with Gasteiger partial charge in [0.05, 0.1) is 29.1 Å². The zero-order valence-corrected chi connectivity index (χ0v) is 16.8. The van der Waals surface area contributed by atoms with E-state index in [9.17, 15) is 10.1 Å². The van der Waals surface area contributed by atoms with Crippen LogP contribution >= 0.6 is 11.3 Å². The Morgan fingerprint density at radius 3 is 2.72 bits per heavy atom. The van der Waals surface area contributed by atoms with Gasteiger partial charge in [-0.1, -0.05) is 24.3 Å². The lowest BCUT2D eigenvalue weighted by atomic mass is 10.1. The molecular weight excluding hydrogens is 386 g/mol. The number of nitro groups is 1. The molecule has 0 N–H and O–H groups in total. The third-order valence-corrected chi connectivity index (χ3v) is 5.70. The van der Waals surface area contributed by atoms with Gasteiger partial charge in [0.15, 0.2) is 4.80 Å². The Hall–Kier alpha value is -3.45. The molecule has 146 valence electrons. The summed E-state index contributed by atoms with van der Waals surface area (Å²) >= 11 is 1.50. The quantitative estimate of drug-likeness (QED) is 0.320. The molecule has 0 saturated heterocycles. The fourth-order valence-electron chi connectivity index (χ4n) is 3.10. The van der Waals surface area contributed by atoms with Gasteiger partial charge in [-0.3, -0.25) is 10.1 Å². The smallest absolute Gasteiger partial charge is 0.270 e. The van der Waals surface area contributed by atoms with Crippen molar-refractivity contribution in [3.8, 4) is 11.3 Å². The number of aryl methyl sites for hydroxylation is 1. The van der Waals surface area contributed by atoms with Gasteiger partial charge in [0.2, 0.25) is 0 Å². The number of hydrogen-bond acceptors (Lipinski definition) is 5. The molecule has 0 aliphatic heterocycles. The molecular formula is C22H19N3O3S. The second kappa shape index (κ2) is 7.89. The number of hydrogen-bond donors (Lipinski definition) is 0. The standard InChI is InChI=1S/C22H19N3O3S/c1-15-6-3-10-20(16(15)2)23-22-24(13-19-9-5-11-28-19)21(14-29-22)17-7-4-8-18(12-17)25(26)27/h3-12,14H,13H2,1-2H3. The van der Waals surface area contributed by atoms with Crippen LogP contribution in [0.2, 0.25) is 0 Å². The lowest BCUT2D eigenvalue weighted by Crippen LogP contribution is -2.16. The van der Waals surface area contributed by atoms with E-state index in [4.69, 9.17) is 9.41 Å². The third-order valence-electron chi connectivity index (χ3n) is 4.84. The highest BCUT2D eigenvalue weighted by Crippen LogP contribution is 2.26. The number of rotatable bonds is 5. The van der Waals surface area contributed by atoms with E-state index >= 15 is 0 Å². The Kier molecular flexibility index (Phi) is 5.14. The van der Waals surface area contributed by atoms with Crippen LogP contribution in [0.3, 0.4) is 0 Å². The van der Waals surface area contributed by atoms with Crippen LogP contribution in [-0.4, -0.2) is 9.49 Å². The molecule has 0 unspecified atom stereocenters. The molecule has 7 heteroatoms. The number of furan rings is 1. The second-order valence-electron chi connectivity index (χ2n) is 6.71. The summed E-state index contributed by atoms with van der Waals surface area (Å²) in [4.78, 5) is 16.5. The summed E-state index contributed by atoms with van der Waals surface area (Å²) in [6, 6.07) is 16.4. The summed E-state index contributed by atoms with van der Waals surface area (Å²) in [6.07, 6.45) is 1.64. The van der Waals surface area contributed by atoms with Crippen LogP contribution in [0.5, 0.6) is 0 Å². The summed E-state index contributed by atoms with van der Waals surface area (Å²) in [6.45, 7) is 4.60. The van der Waals surface area contributed by atoms with E-state index in [2.05, 4.69) is 19.9 Å². The molecule has 0 atom stereocenters. The average molecular weight is 405 g/mol. The highest BCUT2D eigenvalue weighted by atomic mass is 32.1. The molecule has 29 heavy (non-hydrogen) atoms. The van der Waals surface area contributed by atoms with Crippen LogP contribution in [-0.2, 0) is 6.54 Å². The van der Waals surface area contributed by atoms with E-state index in [1.165, 1.54) is 23.0 Å². The first-order valence-electron chi connectivity index (χ1n) is 9.09. The zero-order chi connectivity index (χ0) is 20.4. The second-order valence-corrected chi connectivity index (χ2v) is 7.54. The van der Waals surface area contributed by atoms with E-state index in [1.807, 2.05) is 40.3 Å². The molecule has 2 heterocycles. The topological polar surface area (TPSA) is 73.6 Å². The van der Waals surface area contributed by atoms with E-state index in [1.54, 1.807) is 18.4 Å². The molecule has 0 saturated carbocycles. The van der Waals surface area contributed by atoms with Crippen LogP contribution in [0.15, 0.2) is 75.7 Å². The van der Waals surface area contributed by atoms with Crippen molar-refractivity contribution in [2.45, 2.75) is 20.4 Å². The summed E-state index contributed by atoms with van der Waals surface area (Å²) < 4.78 is 7.57. The van der Waals surface area contributed by atoms with E-state index < -0.39 is 0 Å². The Morgan fingerprint density at radius 2 is 1.97 bits per heavy atom. The lowest BCUT2D eigenvalue weighted by molar-refractivity contribution is -0.384. The molecule has 0 spiro atoms. The Morgan fingerprint density at radius 1 is 1.14 bits per heavy atom. The fourth-order valence-corrected chi connectivity index (χ4v) is 4.02. The highest BCUT2D eigenvalue weighted by molar-refractivity contribution is 7.07. The van der Waals surface area contributed by atoms with Crippen LogP contribution < -0.4 is 4.80 Å². The lowest BCUT2D eigenvalue weighted by Gasteiger charge is -2.08. The molecule has 0 fully saturated rings. The maximum absolute atomic E-state index is 11.2. The van der Waals surface area contributed by atoms with Crippen molar-refractivity contribution in [2.24, 2.45) is 4.99 Å². The molecule has 2 aromatic carbocycles. The van der Waals surface area contributed by atoms with Crippen LogP contribution in [0.4, 0.5) is 11.4 Å². The van der Waals surface area contributed by atoms with Gasteiger partial charge in [0.25, 0.3) is 5.69 Å². The van der Waals surface area contributed by atoms with Crippen LogP contribution in [0.1, 0.15) is 16.9 Å². The maximum Gasteiger partial charge on any atom is 0.270 e. The van der Waals surface area contributed by atoms with Gasteiger partial charge in [-0.15, -0.1) is 11.3 Å². The number of non-ortho nitro benzene ring substituents is 1. The first kappa shape index (κ1) is 18.9. The van der Waals surface area contributed by atoms with Crippen LogP contribution in [0.25, 0.3) is 11.3 Å². The summed E-state index contributed by atoms with van der Waals surface area (Å²) in [7, 11) is 0. The van der Waals surface area contributed by atoms with Gasteiger partial charge < -0.3 is 8.98 Å². The van der Waals surface area contributed by atoms with E-state index in [0.29, 0.717) is 6.54 Å². The molecule has 0 aliphatic carbocycles. The molecule has 6 nitrogen and oxygen atoms in total. The molecule has 4 aromatic rings. The van der Waals surface area contributed by atoms with Crippen molar-refractivity contribution in [1.29, 1.82) is 0 Å². The highest BCUT2D eigenvalue weighted by Gasteiger charge is 2.14. The number of benzene rings is 2. The largest absolute Gasteiger partial charge is 0.467 e. The van der Waals surface area contributed by atoms with Crippen molar-refractivity contribution >= 4 is 22.7 Å². The first-order valence-corrected chi connectivity index (χ1v) is 9.97. The van der Waals surface area contributed by atoms with Crippen LogP contribution in [0, 0.1) is 24.0 Å². The zero-order valence-electron chi connectivity index (χ0n) is 16.0. The predicted octanol–water partition coefficient (Wildman–Crippen LogP) is 5.62. The van der Waals surface area contributed by atoms with Gasteiger partial charge in [-0.25, -0.2) is 4.99 Å². The monoisotopic (exact) mass is 405 g/mol. The van der Waals surface area contributed by atoms with Gasteiger partial charge in [-0.05, 0) is 43.2 Å². The Balaban J connectivity index is 1.89. The summed E-state index contributed by atoms with van der Waals surface area (Å²) in [5.41, 5.74) is 4.90. The van der Waals surface area contributed by atoms with E-state index in [0.717, 1.165) is 33.1 Å².